The number of carbonyl (C=O) groups is 3. The normalized spacial score (nSPS) is 31.9. The zero-order chi connectivity index (χ0) is 14.8. The average molecular weight is 281 g/mol. The molecule has 4 atom stereocenters. The van der Waals surface area contributed by atoms with Gasteiger partial charge in [-0.05, 0) is 20.3 Å². The van der Waals surface area contributed by atoms with Crippen molar-refractivity contribution in [2.24, 2.45) is 5.92 Å². The first kappa shape index (κ1) is 14.7. The van der Waals surface area contributed by atoms with E-state index in [1.807, 2.05) is 12.2 Å². The third kappa shape index (κ3) is 2.90. The Labute approximate surface area is 117 Å². The summed E-state index contributed by atoms with van der Waals surface area (Å²) < 4.78 is 10.00. The Hall–Kier alpha value is -1.69. The van der Waals surface area contributed by atoms with Gasteiger partial charge in [-0.3, -0.25) is 14.9 Å². The van der Waals surface area contributed by atoms with Crippen LogP contribution in [0.2, 0.25) is 0 Å². The van der Waals surface area contributed by atoms with Crippen LogP contribution in [0.5, 0.6) is 0 Å². The molecule has 6 nitrogen and oxygen atoms in total. The molecule has 1 aliphatic carbocycles. The molecule has 1 saturated heterocycles. The van der Waals surface area contributed by atoms with Gasteiger partial charge in [-0.15, -0.1) is 0 Å². The van der Waals surface area contributed by atoms with Crippen molar-refractivity contribution in [2.75, 3.05) is 6.61 Å². The predicted molar refractivity (Wildman–Crippen MR) is 69.8 cm³/mol. The lowest BCUT2D eigenvalue weighted by Crippen LogP contribution is -2.49. The Balaban J connectivity index is 1.96. The summed E-state index contributed by atoms with van der Waals surface area (Å²) in [5, 5.41) is 3.27. The molecule has 6 heteroatoms. The van der Waals surface area contributed by atoms with E-state index in [0.29, 0.717) is 13.0 Å². The molecule has 0 aromatic heterocycles. The second kappa shape index (κ2) is 5.75. The molecule has 2 rings (SSSR count). The Morgan fingerprint density at radius 2 is 2.30 bits per heavy atom. The molecule has 0 saturated carbocycles. The summed E-state index contributed by atoms with van der Waals surface area (Å²) in [5.74, 6) is -1.00. The first-order chi connectivity index (χ1) is 9.49. The van der Waals surface area contributed by atoms with E-state index < -0.39 is 12.1 Å². The first-order valence-electron chi connectivity index (χ1n) is 6.79. The predicted octanol–water partition coefficient (Wildman–Crippen LogP) is 0.357. The number of fused-ring (bicyclic) bond motifs is 2. The van der Waals surface area contributed by atoms with Crippen LogP contribution >= 0.6 is 0 Å². The summed E-state index contributed by atoms with van der Waals surface area (Å²) in [5.41, 5.74) is -0.356. The Bertz CT molecular complexity index is 447. The van der Waals surface area contributed by atoms with E-state index in [1.54, 1.807) is 13.8 Å². The van der Waals surface area contributed by atoms with Gasteiger partial charge in [-0.1, -0.05) is 12.2 Å². The van der Waals surface area contributed by atoms with Gasteiger partial charge in [0.15, 0.2) is 0 Å². The molecule has 2 bridgehead atoms. The van der Waals surface area contributed by atoms with E-state index in [0.717, 1.165) is 6.42 Å². The molecule has 0 radical (unpaired) electrons. The van der Waals surface area contributed by atoms with Crippen LogP contribution in [0, 0.1) is 5.92 Å². The maximum atomic E-state index is 11.8. The van der Waals surface area contributed by atoms with Crippen LogP contribution < -0.4 is 5.32 Å². The Morgan fingerprint density at radius 1 is 1.55 bits per heavy atom. The lowest BCUT2D eigenvalue weighted by molar-refractivity contribution is -0.153. The van der Waals surface area contributed by atoms with E-state index in [4.69, 9.17) is 9.47 Å². The highest BCUT2D eigenvalue weighted by atomic mass is 16.5. The molecule has 0 aromatic rings. The monoisotopic (exact) mass is 281 g/mol. The molecule has 20 heavy (non-hydrogen) atoms. The van der Waals surface area contributed by atoms with Gasteiger partial charge in [0.2, 0.25) is 6.29 Å². The van der Waals surface area contributed by atoms with Crippen molar-refractivity contribution in [1.82, 2.24) is 5.32 Å². The number of hydrogen-bond acceptors (Lipinski definition) is 6. The molecule has 1 aliphatic heterocycles. The minimum atomic E-state index is -0.868. The molecule has 4 unspecified atom stereocenters. The fourth-order valence-electron chi connectivity index (χ4n) is 3.07. The molecule has 2 aliphatic rings. The molecular formula is C14H19NO5. The minimum Gasteiger partial charge on any atom is -0.465 e. The van der Waals surface area contributed by atoms with Gasteiger partial charge in [-0.25, -0.2) is 4.79 Å². The highest BCUT2D eigenvalue weighted by molar-refractivity contribution is 6.20. The molecule has 0 amide bonds. The number of rotatable bonds is 6. The number of esters is 2. The van der Waals surface area contributed by atoms with Crippen LogP contribution in [-0.4, -0.2) is 42.5 Å². The molecule has 1 fully saturated rings. The van der Waals surface area contributed by atoms with E-state index >= 15 is 0 Å². The quantitative estimate of drug-likeness (QED) is 0.327. The summed E-state index contributed by atoms with van der Waals surface area (Å²) in [7, 11) is 0. The van der Waals surface area contributed by atoms with Crippen molar-refractivity contribution in [3.05, 3.63) is 12.2 Å². The number of hydrogen-bond donors (Lipinski definition) is 1. The molecular weight excluding hydrogens is 262 g/mol. The summed E-state index contributed by atoms with van der Waals surface area (Å²) in [6, 6.07) is -0.339. The van der Waals surface area contributed by atoms with Gasteiger partial charge in [0.1, 0.15) is 12.1 Å². The smallest absolute Gasteiger partial charge is 0.371 e. The van der Waals surface area contributed by atoms with Gasteiger partial charge in [0.25, 0.3) is 0 Å². The van der Waals surface area contributed by atoms with Crippen molar-refractivity contribution >= 4 is 18.2 Å². The summed E-state index contributed by atoms with van der Waals surface area (Å²) in [4.78, 5) is 33.1. The van der Waals surface area contributed by atoms with Gasteiger partial charge < -0.3 is 9.47 Å². The van der Waals surface area contributed by atoms with Gasteiger partial charge >= 0.3 is 11.9 Å². The maximum absolute atomic E-state index is 11.8. The number of carbonyl (C=O) groups excluding carboxylic acids is 3. The van der Waals surface area contributed by atoms with E-state index in [2.05, 4.69) is 5.32 Å². The van der Waals surface area contributed by atoms with Crippen molar-refractivity contribution in [3.8, 4) is 0 Å². The zero-order valence-electron chi connectivity index (χ0n) is 11.6. The van der Waals surface area contributed by atoms with Crippen LogP contribution in [0.3, 0.4) is 0 Å². The molecule has 0 spiro atoms. The maximum Gasteiger partial charge on any atom is 0.371 e. The van der Waals surface area contributed by atoms with Crippen molar-refractivity contribution in [2.45, 2.75) is 44.4 Å². The number of ether oxygens (including phenoxy) is 2. The SMILES string of the molecule is CCOC(=O)C1NC2(CC(C)OC(=O)C=O)C=CC1C2. The first-order valence-corrected chi connectivity index (χ1v) is 6.79. The highest BCUT2D eigenvalue weighted by Crippen LogP contribution is 2.41. The topological polar surface area (TPSA) is 81.7 Å². The highest BCUT2D eigenvalue weighted by Gasteiger charge is 2.50. The van der Waals surface area contributed by atoms with Crippen LogP contribution in [0.4, 0.5) is 0 Å². The van der Waals surface area contributed by atoms with Crippen molar-refractivity contribution in [3.63, 3.8) is 0 Å². The molecule has 1 heterocycles. The van der Waals surface area contributed by atoms with Crippen molar-refractivity contribution < 1.29 is 23.9 Å². The molecule has 110 valence electrons. The van der Waals surface area contributed by atoms with Gasteiger partial charge in [0.05, 0.1) is 6.61 Å². The minimum absolute atomic E-state index is 0.114. The van der Waals surface area contributed by atoms with E-state index in [-0.39, 0.29) is 29.8 Å². The standard InChI is InChI=1S/C14H19NO5/c1-3-19-13(18)12-10-4-5-14(7-10,15-12)6-9(2)20-11(17)8-16/h4-5,8-10,12,15H,3,6-7H2,1-2H3. The fourth-order valence-corrected chi connectivity index (χ4v) is 3.07. The summed E-state index contributed by atoms with van der Waals surface area (Å²) in [6.45, 7) is 3.86. The second-order valence-electron chi connectivity index (χ2n) is 5.33. The lowest BCUT2D eigenvalue weighted by Gasteiger charge is -2.29. The largest absolute Gasteiger partial charge is 0.465 e. The Morgan fingerprint density at radius 3 is 2.95 bits per heavy atom. The van der Waals surface area contributed by atoms with Crippen LogP contribution in [0.15, 0.2) is 12.2 Å². The molecule has 1 N–H and O–H groups in total. The summed E-state index contributed by atoms with van der Waals surface area (Å²) >= 11 is 0. The molecule has 0 aromatic carbocycles. The van der Waals surface area contributed by atoms with E-state index in [9.17, 15) is 14.4 Å². The lowest BCUT2D eigenvalue weighted by atomic mass is 9.93. The average Bonchev–Trinajstić information content (AvgIpc) is 2.95. The fraction of sp³-hybridized carbons (Fsp3) is 0.643. The zero-order valence-corrected chi connectivity index (χ0v) is 11.6. The van der Waals surface area contributed by atoms with Crippen LogP contribution in [-0.2, 0) is 23.9 Å². The summed E-state index contributed by atoms with van der Waals surface area (Å²) in [6.07, 6.45) is 5.08. The van der Waals surface area contributed by atoms with Crippen molar-refractivity contribution in [1.29, 1.82) is 0 Å². The third-order valence-corrected chi connectivity index (χ3v) is 3.74. The van der Waals surface area contributed by atoms with E-state index in [1.165, 1.54) is 0 Å². The Kier molecular flexibility index (Phi) is 4.23. The van der Waals surface area contributed by atoms with Crippen LogP contribution in [0.1, 0.15) is 26.7 Å². The number of aldehydes is 1. The second-order valence-corrected chi connectivity index (χ2v) is 5.33. The number of nitrogens with one attached hydrogen (secondary N) is 1. The van der Waals surface area contributed by atoms with Gasteiger partial charge in [-0.2, -0.15) is 0 Å². The third-order valence-electron chi connectivity index (χ3n) is 3.74. The van der Waals surface area contributed by atoms with Crippen LogP contribution in [0.25, 0.3) is 0 Å². The van der Waals surface area contributed by atoms with Gasteiger partial charge in [0, 0.05) is 17.9 Å².